The predicted molar refractivity (Wildman–Crippen MR) is 120 cm³/mol. The van der Waals surface area contributed by atoms with E-state index in [9.17, 15) is 9.59 Å². The van der Waals surface area contributed by atoms with Crippen LogP contribution < -0.4 is 10.2 Å². The first kappa shape index (κ1) is 22.2. The average molecular weight is 421 g/mol. The van der Waals surface area contributed by atoms with Gasteiger partial charge in [0.05, 0.1) is 11.6 Å². The van der Waals surface area contributed by atoms with Gasteiger partial charge in [0.15, 0.2) is 0 Å². The minimum absolute atomic E-state index is 0.0227. The van der Waals surface area contributed by atoms with Gasteiger partial charge in [-0.25, -0.2) is 4.79 Å². The van der Waals surface area contributed by atoms with Gasteiger partial charge in [0, 0.05) is 43.1 Å². The van der Waals surface area contributed by atoms with Crippen LogP contribution in [-0.2, 0) is 4.74 Å². The van der Waals surface area contributed by atoms with Crippen LogP contribution in [0.4, 0.5) is 16.2 Å². The number of carbonyl (C=O) groups is 2. The van der Waals surface area contributed by atoms with E-state index in [1.807, 2.05) is 29.2 Å². The van der Waals surface area contributed by atoms with Crippen molar-refractivity contribution in [2.75, 3.05) is 36.4 Å². The van der Waals surface area contributed by atoms with E-state index in [-0.39, 0.29) is 5.91 Å². The smallest absolute Gasteiger partial charge is 0.412 e. The molecule has 0 aromatic heterocycles. The fourth-order valence-electron chi connectivity index (χ4n) is 3.43. The zero-order chi connectivity index (χ0) is 22.4. The van der Waals surface area contributed by atoms with Gasteiger partial charge < -0.3 is 14.5 Å². The molecular formula is C24H28N4O3. The number of amides is 2. The molecule has 1 N–H and O–H groups in total. The molecule has 2 aromatic carbocycles. The van der Waals surface area contributed by atoms with Crippen LogP contribution in [0.3, 0.4) is 0 Å². The summed E-state index contributed by atoms with van der Waals surface area (Å²) in [7, 11) is 0. The van der Waals surface area contributed by atoms with Crippen LogP contribution in [0.15, 0.2) is 48.5 Å². The molecule has 0 saturated carbocycles. The van der Waals surface area contributed by atoms with Gasteiger partial charge in [-0.05, 0) is 75.7 Å². The molecule has 162 valence electrons. The largest absolute Gasteiger partial charge is 0.444 e. The molecule has 0 atom stereocenters. The molecular weight excluding hydrogens is 392 g/mol. The van der Waals surface area contributed by atoms with Crippen LogP contribution >= 0.6 is 0 Å². The van der Waals surface area contributed by atoms with Crippen molar-refractivity contribution < 1.29 is 14.3 Å². The monoisotopic (exact) mass is 420 g/mol. The summed E-state index contributed by atoms with van der Waals surface area (Å²) in [5.74, 6) is -0.0227. The minimum Gasteiger partial charge on any atom is -0.444 e. The molecule has 0 unspecified atom stereocenters. The van der Waals surface area contributed by atoms with Crippen molar-refractivity contribution in [3.05, 3.63) is 59.7 Å². The highest BCUT2D eigenvalue weighted by atomic mass is 16.6. The first-order chi connectivity index (χ1) is 14.7. The number of ether oxygens (including phenoxy) is 1. The lowest BCUT2D eigenvalue weighted by molar-refractivity contribution is 0.0635. The number of hydrogen-bond acceptors (Lipinski definition) is 5. The van der Waals surface area contributed by atoms with Gasteiger partial charge in [0.1, 0.15) is 5.60 Å². The summed E-state index contributed by atoms with van der Waals surface area (Å²) < 4.78 is 5.24. The summed E-state index contributed by atoms with van der Waals surface area (Å²) in [6, 6.07) is 16.5. The maximum Gasteiger partial charge on any atom is 0.412 e. The van der Waals surface area contributed by atoms with Gasteiger partial charge in [-0.15, -0.1) is 0 Å². The van der Waals surface area contributed by atoms with E-state index in [4.69, 9.17) is 10.00 Å². The second-order valence-electron chi connectivity index (χ2n) is 8.50. The van der Waals surface area contributed by atoms with E-state index >= 15 is 0 Å². The number of rotatable bonds is 3. The predicted octanol–water partition coefficient (Wildman–Crippen LogP) is 4.26. The Balaban J connectivity index is 1.58. The number of carbonyl (C=O) groups excluding carboxylic acids is 2. The van der Waals surface area contributed by atoms with E-state index in [0.29, 0.717) is 29.9 Å². The Kier molecular flexibility index (Phi) is 6.81. The van der Waals surface area contributed by atoms with Crippen molar-refractivity contribution in [2.45, 2.75) is 32.8 Å². The molecule has 0 bridgehead atoms. The Labute approximate surface area is 183 Å². The van der Waals surface area contributed by atoms with Gasteiger partial charge in [0.2, 0.25) is 0 Å². The Morgan fingerprint density at radius 3 is 2.26 bits per heavy atom. The summed E-state index contributed by atoms with van der Waals surface area (Å²) in [5, 5.41) is 11.6. The number of nitriles is 1. The first-order valence-corrected chi connectivity index (χ1v) is 10.4. The fourth-order valence-corrected chi connectivity index (χ4v) is 3.43. The normalized spacial score (nSPS) is 14.4. The van der Waals surface area contributed by atoms with E-state index in [1.165, 1.54) is 0 Å². The molecule has 0 spiro atoms. The third kappa shape index (κ3) is 6.22. The molecule has 3 rings (SSSR count). The molecule has 1 aliphatic rings. The lowest BCUT2D eigenvalue weighted by Crippen LogP contribution is -2.35. The zero-order valence-electron chi connectivity index (χ0n) is 18.2. The molecule has 2 aromatic rings. The summed E-state index contributed by atoms with van der Waals surface area (Å²) in [5.41, 5.74) is 2.29. The molecule has 31 heavy (non-hydrogen) atoms. The number of nitrogens with one attached hydrogen (secondary N) is 1. The third-order valence-electron chi connectivity index (χ3n) is 4.92. The Morgan fingerprint density at radius 2 is 1.65 bits per heavy atom. The summed E-state index contributed by atoms with van der Waals surface area (Å²) >= 11 is 0. The van der Waals surface area contributed by atoms with Crippen molar-refractivity contribution in [3.63, 3.8) is 0 Å². The quantitative estimate of drug-likeness (QED) is 0.802. The topological polar surface area (TPSA) is 85.7 Å². The van der Waals surface area contributed by atoms with Gasteiger partial charge in [-0.3, -0.25) is 10.1 Å². The fraction of sp³-hybridized carbons (Fsp3) is 0.375. The Hall–Kier alpha value is -3.53. The van der Waals surface area contributed by atoms with Crippen LogP contribution in [0.5, 0.6) is 0 Å². The van der Waals surface area contributed by atoms with Crippen LogP contribution in [-0.4, -0.2) is 48.7 Å². The second kappa shape index (κ2) is 9.52. The van der Waals surface area contributed by atoms with Crippen LogP contribution in [0.2, 0.25) is 0 Å². The summed E-state index contributed by atoms with van der Waals surface area (Å²) in [4.78, 5) is 28.9. The average Bonchev–Trinajstić information content (AvgIpc) is 2.99. The lowest BCUT2D eigenvalue weighted by Gasteiger charge is -2.24. The van der Waals surface area contributed by atoms with E-state index in [1.54, 1.807) is 45.0 Å². The number of nitrogens with zero attached hydrogens (tertiary/aromatic N) is 3. The van der Waals surface area contributed by atoms with Crippen LogP contribution in [0.1, 0.15) is 43.1 Å². The molecule has 1 saturated heterocycles. The second-order valence-corrected chi connectivity index (χ2v) is 8.50. The first-order valence-electron chi connectivity index (χ1n) is 10.4. The molecule has 7 heteroatoms. The highest BCUT2D eigenvalue weighted by Gasteiger charge is 2.21. The van der Waals surface area contributed by atoms with Gasteiger partial charge in [0.25, 0.3) is 5.91 Å². The molecule has 0 aliphatic carbocycles. The number of hydrogen-bond donors (Lipinski definition) is 1. The van der Waals surface area contributed by atoms with Crippen molar-refractivity contribution >= 4 is 23.4 Å². The molecule has 1 fully saturated rings. The summed E-state index contributed by atoms with van der Waals surface area (Å²) in [6.07, 6.45) is 0.339. The SMILES string of the molecule is CC(C)(C)OC(=O)Nc1ccc(C(=O)N2CCCN(c3ccc(C#N)cc3)CC2)cc1. The molecule has 0 radical (unpaired) electrons. The van der Waals surface area contributed by atoms with Gasteiger partial charge >= 0.3 is 6.09 Å². The maximum absolute atomic E-state index is 13.0. The molecule has 1 heterocycles. The molecule has 1 aliphatic heterocycles. The maximum atomic E-state index is 13.0. The molecule has 2 amide bonds. The highest BCUT2D eigenvalue weighted by molar-refractivity contribution is 5.95. The Morgan fingerprint density at radius 1 is 0.968 bits per heavy atom. The van der Waals surface area contributed by atoms with Crippen molar-refractivity contribution in [1.29, 1.82) is 5.26 Å². The van der Waals surface area contributed by atoms with Gasteiger partial charge in [-0.2, -0.15) is 5.26 Å². The van der Waals surface area contributed by atoms with Crippen molar-refractivity contribution in [1.82, 2.24) is 4.90 Å². The molecule has 7 nitrogen and oxygen atoms in total. The zero-order valence-corrected chi connectivity index (χ0v) is 18.2. The van der Waals surface area contributed by atoms with E-state index < -0.39 is 11.7 Å². The van der Waals surface area contributed by atoms with Crippen LogP contribution in [0.25, 0.3) is 0 Å². The van der Waals surface area contributed by atoms with E-state index in [2.05, 4.69) is 16.3 Å². The highest BCUT2D eigenvalue weighted by Crippen LogP contribution is 2.19. The van der Waals surface area contributed by atoms with Gasteiger partial charge in [-0.1, -0.05) is 0 Å². The van der Waals surface area contributed by atoms with E-state index in [0.717, 1.165) is 25.2 Å². The number of benzene rings is 2. The van der Waals surface area contributed by atoms with Crippen molar-refractivity contribution in [3.8, 4) is 6.07 Å². The lowest BCUT2D eigenvalue weighted by atomic mass is 10.1. The Bertz CT molecular complexity index is 956. The van der Waals surface area contributed by atoms with Crippen molar-refractivity contribution in [2.24, 2.45) is 0 Å². The standard InChI is InChI=1S/C24H28N4O3/c1-24(2,3)31-23(30)26-20-9-7-19(8-10-20)22(29)28-14-4-13-27(15-16-28)21-11-5-18(17-25)6-12-21/h5-12H,4,13-16H2,1-3H3,(H,26,30). The summed E-state index contributed by atoms with van der Waals surface area (Å²) in [6.45, 7) is 8.30. The minimum atomic E-state index is -0.571. The number of anilines is 2. The third-order valence-corrected chi connectivity index (χ3v) is 4.92. The van der Waals surface area contributed by atoms with Crippen LogP contribution in [0, 0.1) is 11.3 Å².